The Bertz CT molecular complexity index is 786. The number of carbonyl (C=O) groups is 1. The maximum Gasteiger partial charge on any atom is 0.258 e. The lowest BCUT2D eigenvalue weighted by Crippen LogP contribution is -2.29. The van der Waals surface area contributed by atoms with Crippen LogP contribution in [0.5, 0.6) is 5.75 Å². The number of hydrogen-bond donors (Lipinski definition) is 2. The maximum absolute atomic E-state index is 11.9. The van der Waals surface area contributed by atoms with Crippen LogP contribution < -0.4 is 10.1 Å². The van der Waals surface area contributed by atoms with Crippen LogP contribution in [0, 0.1) is 13.8 Å². The number of fused-ring (bicyclic) bond motifs is 1. The summed E-state index contributed by atoms with van der Waals surface area (Å²) in [5.41, 5.74) is 3.90. The second kappa shape index (κ2) is 6.52. The molecule has 0 aliphatic heterocycles. The Hall–Kier alpha value is -2.82. The number of rotatable bonds is 5. The number of aromatic nitrogens is 2. The molecule has 2 N–H and O–H groups in total. The van der Waals surface area contributed by atoms with Gasteiger partial charge in [0.2, 0.25) is 0 Å². The summed E-state index contributed by atoms with van der Waals surface area (Å²) >= 11 is 0. The van der Waals surface area contributed by atoms with E-state index in [-0.39, 0.29) is 12.5 Å². The number of carbonyl (C=O) groups excluding carboxylic acids is 1. The van der Waals surface area contributed by atoms with Crippen LogP contribution >= 0.6 is 0 Å². The molecule has 3 aromatic rings. The molecule has 0 saturated heterocycles. The van der Waals surface area contributed by atoms with Crippen LogP contribution in [0.3, 0.4) is 0 Å². The van der Waals surface area contributed by atoms with E-state index in [4.69, 9.17) is 4.74 Å². The van der Waals surface area contributed by atoms with Gasteiger partial charge in [0, 0.05) is 0 Å². The average molecular weight is 309 g/mol. The number of nitrogens with one attached hydrogen (secondary N) is 2. The summed E-state index contributed by atoms with van der Waals surface area (Å²) < 4.78 is 5.63. The predicted molar refractivity (Wildman–Crippen MR) is 89.4 cm³/mol. The van der Waals surface area contributed by atoms with Crippen LogP contribution in [0.2, 0.25) is 0 Å². The van der Waals surface area contributed by atoms with Gasteiger partial charge in [-0.15, -0.1) is 0 Å². The fourth-order valence-corrected chi connectivity index (χ4v) is 2.49. The third kappa shape index (κ3) is 3.51. The molecule has 0 atom stereocenters. The van der Waals surface area contributed by atoms with E-state index in [1.807, 2.05) is 56.3 Å². The van der Waals surface area contributed by atoms with Crippen LogP contribution in [-0.2, 0) is 11.3 Å². The first-order valence-electron chi connectivity index (χ1n) is 7.53. The Morgan fingerprint density at radius 1 is 1.13 bits per heavy atom. The topological polar surface area (TPSA) is 67.0 Å². The van der Waals surface area contributed by atoms with Crippen molar-refractivity contribution in [2.45, 2.75) is 20.4 Å². The highest BCUT2D eigenvalue weighted by Gasteiger charge is 2.08. The number of nitrogens with zero attached hydrogens (tertiary/aromatic N) is 1. The number of imidazole rings is 1. The third-order valence-corrected chi connectivity index (χ3v) is 3.65. The number of ether oxygens (including phenoxy) is 1. The van der Waals surface area contributed by atoms with E-state index in [1.165, 1.54) is 0 Å². The Morgan fingerprint density at radius 3 is 2.61 bits per heavy atom. The summed E-state index contributed by atoms with van der Waals surface area (Å²) in [6.45, 7) is 4.28. The second-order valence-electron chi connectivity index (χ2n) is 5.49. The molecular formula is C18H19N3O2. The molecule has 5 nitrogen and oxygen atoms in total. The lowest BCUT2D eigenvalue weighted by atomic mass is 10.1. The standard InChI is InChI=1S/C18H19N3O2/c1-12-6-5-7-13(2)18(12)23-11-17(22)19-10-16-20-14-8-3-4-9-15(14)21-16/h3-9H,10-11H2,1-2H3,(H,19,22)(H,20,21). The van der Waals surface area contributed by atoms with Gasteiger partial charge in [0.1, 0.15) is 11.6 Å². The van der Waals surface area contributed by atoms with Gasteiger partial charge >= 0.3 is 0 Å². The van der Waals surface area contributed by atoms with Gasteiger partial charge in [-0.1, -0.05) is 30.3 Å². The summed E-state index contributed by atoms with van der Waals surface area (Å²) in [5.74, 6) is 1.33. The molecule has 0 spiro atoms. The minimum absolute atomic E-state index is 0.00801. The van der Waals surface area contributed by atoms with E-state index in [0.717, 1.165) is 33.7 Å². The van der Waals surface area contributed by atoms with E-state index in [9.17, 15) is 4.79 Å². The van der Waals surface area contributed by atoms with Gasteiger partial charge in [0.05, 0.1) is 17.6 Å². The molecule has 0 aliphatic rings. The SMILES string of the molecule is Cc1cccc(C)c1OCC(=O)NCc1nc2ccccc2[nH]1. The molecule has 3 rings (SSSR count). The molecule has 0 fully saturated rings. The van der Waals surface area contributed by atoms with Crippen molar-refractivity contribution in [3.63, 3.8) is 0 Å². The number of para-hydroxylation sites is 3. The van der Waals surface area contributed by atoms with Crippen molar-refractivity contribution in [1.82, 2.24) is 15.3 Å². The van der Waals surface area contributed by atoms with Gasteiger partial charge in [-0.05, 0) is 37.1 Å². The number of amides is 1. The van der Waals surface area contributed by atoms with Crippen molar-refractivity contribution in [3.8, 4) is 5.75 Å². The van der Waals surface area contributed by atoms with Crippen LogP contribution in [0.1, 0.15) is 17.0 Å². The molecule has 0 radical (unpaired) electrons. The molecule has 0 bridgehead atoms. The molecule has 118 valence electrons. The molecule has 0 unspecified atom stereocenters. The molecule has 1 aromatic heterocycles. The number of H-pyrrole nitrogens is 1. The zero-order valence-electron chi connectivity index (χ0n) is 13.2. The monoisotopic (exact) mass is 309 g/mol. The van der Waals surface area contributed by atoms with Gasteiger partial charge in [-0.25, -0.2) is 4.98 Å². The molecule has 0 aliphatic carbocycles. The van der Waals surface area contributed by atoms with Crippen LogP contribution in [-0.4, -0.2) is 22.5 Å². The van der Waals surface area contributed by atoms with Crippen molar-refractivity contribution in [2.75, 3.05) is 6.61 Å². The highest BCUT2D eigenvalue weighted by atomic mass is 16.5. The first-order chi connectivity index (χ1) is 11.1. The summed E-state index contributed by atoms with van der Waals surface area (Å²) in [7, 11) is 0. The van der Waals surface area contributed by atoms with Crippen LogP contribution in [0.25, 0.3) is 11.0 Å². The summed E-state index contributed by atoms with van der Waals surface area (Å²) in [5, 5.41) is 2.81. The first-order valence-corrected chi connectivity index (χ1v) is 7.53. The fraction of sp³-hybridized carbons (Fsp3) is 0.222. The normalized spacial score (nSPS) is 10.7. The van der Waals surface area contributed by atoms with Gasteiger partial charge in [0.15, 0.2) is 6.61 Å². The summed E-state index contributed by atoms with van der Waals surface area (Å²) in [6, 6.07) is 13.7. The van der Waals surface area contributed by atoms with Crippen molar-refractivity contribution in [2.24, 2.45) is 0 Å². The number of aryl methyl sites for hydroxylation is 2. The molecule has 2 aromatic carbocycles. The Balaban J connectivity index is 1.55. The van der Waals surface area contributed by atoms with E-state index >= 15 is 0 Å². The number of aromatic amines is 1. The third-order valence-electron chi connectivity index (χ3n) is 3.65. The minimum atomic E-state index is -0.173. The highest BCUT2D eigenvalue weighted by molar-refractivity contribution is 5.78. The van der Waals surface area contributed by atoms with Crippen LogP contribution in [0.15, 0.2) is 42.5 Å². The average Bonchev–Trinajstić information content (AvgIpc) is 2.95. The first kappa shape index (κ1) is 15.1. The minimum Gasteiger partial charge on any atom is -0.483 e. The molecule has 1 amide bonds. The zero-order chi connectivity index (χ0) is 16.2. The maximum atomic E-state index is 11.9. The lowest BCUT2D eigenvalue weighted by molar-refractivity contribution is -0.123. The zero-order valence-corrected chi connectivity index (χ0v) is 13.2. The highest BCUT2D eigenvalue weighted by Crippen LogP contribution is 2.22. The van der Waals surface area contributed by atoms with Crippen LogP contribution in [0.4, 0.5) is 0 Å². The lowest BCUT2D eigenvalue weighted by Gasteiger charge is -2.11. The quantitative estimate of drug-likeness (QED) is 0.761. The summed E-state index contributed by atoms with van der Waals surface area (Å²) in [6.07, 6.45) is 0. The van der Waals surface area contributed by atoms with E-state index in [0.29, 0.717) is 6.54 Å². The smallest absolute Gasteiger partial charge is 0.258 e. The Morgan fingerprint density at radius 2 is 1.87 bits per heavy atom. The molecular weight excluding hydrogens is 290 g/mol. The molecule has 1 heterocycles. The summed E-state index contributed by atoms with van der Waals surface area (Å²) in [4.78, 5) is 19.5. The van der Waals surface area contributed by atoms with Gasteiger partial charge < -0.3 is 15.0 Å². The van der Waals surface area contributed by atoms with Gasteiger partial charge in [0.25, 0.3) is 5.91 Å². The van der Waals surface area contributed by atoms with Crippen molar-refractivity contribution < 1.29 is 9.53 Å². The van der Waals surface area contributed by atoms with Gasteiger partial charge in [-0.3, -0.25) is 4.79 Å². The number of benzene rings is 2. The molecule has 0 saturated carbocycles. The molecule has 5 heteroatoms. The van der Waals surface area contributed by atoms with Crippen molar-refractivity contribution in [3.05, 3.63) is 59.4 Å². The Labute approximate surface area is 134 Å². The van der Waals surface area contributed by atoms with Gasteiger partial charge in [-0.2, -0.15) is 0 Å². The largest absolute Gasteiger partial charge is 0.483 e. The Kier molecular flexibility index (Phi) is 4.28. The van der Waals surface area contributed by atoms with Crippen molar-refractivity contribution in [1.29, 1.82) is 0 Å². The van der Waals surface area contributed by atoms with Crippen molar-refractivity contribution >= 4 is 16.9 Å². The van der Waals surface area contributed by atoms with E-state index in [1.54, 1.807) is 0 Å². The number of hydrogen-bond acceptors (Lipinski definition) is 3. The molecule has 23 heavy (non-hydrogen) atoms. The van der Waals surface area contributed by atoms with E-state index < -0.39 is 0 Å². The fourth-order valence-electron chi connectivity index (χ4n) is 2.49. The van der Waals surface area contributed by atoms with E-state index in [2.05, 4.69) is 15.3 Å². The second-order valence-corrected chi connectivity index (χ2v) is 5.49. The predicted octanol–water partition coefficient (Wildman–Crippen LogP) is 2.87.